The Hall–Kier alpha value is -1.60. The maximum Gasteiger partial charge on any atom is 0.233 e. The molecule has 1 aliphatic heterocycles. The van der Waals surface area contributed by atoms with Gasteiger partial charge in [-0.05, 0) is 30.4 Å². The second kappa shape index (κ2) is 6.49. The molecule has 1 N–H and O–H groups in total. The molecule has 1 fully saturated rings. The van der Waals surface area contributed by atoms with Gasteiger partial charge in [0.1, 0.15) is 0 Å². The van der Waals surface area contributed by atoms with E-state index in [1.807, 2.05) is 11.0 Å². The summed E-state index contributed by atoms with van der Waals surface area (Å²) in [6.07, 6.45) is 3.38. The Bertz CT molecular complexity index is 714. The van der Waals surface area contributed by atoms with Crippen LogP contribution in [0.4, 0.5) is 5.13 Å². The molecule has 1 amide bonds. The number of amides is 1. The van der Waals surface area contributed by atoms with Crippen molar-refractivity contribution in [3.8, 4) is 0 Å². The number of nitrogens with zero attached hydrogens (tertiary/aromatic N) is 3. The third kappa shape index (κ3) is 3.67. The molecule has 0 saturated heterocycles. The normalized spacial score (nSPS) is 17.0. The largest absolute Gasteiger partial charge is 0.357 e. The Morgan fingerprint density at radius 2 is 2.13 bits per heavy atom. The van der Waals surface area contributed by atoms with E-state index in [2.05, 4.69) is 33.7 Å². The fraction of sp³-hybridized carbons (Fsp3) is 0.438. The summed E-state index contributed by atoms with van der Waals surface area (Å²) in [5, 5.41) is 12.5. The fourth-order valence-corrected chi connectivity index (χ4v) is 4.38. The number of nitrogens with one attached hydrogen (secondary N) is 1. The van der Waals surface area contributed by atoms with Crippen molar-refractivity contribution in [2.24, 2.45) is 0 Å². The number of rotatable bonds is 5. The highest BCUT2D eigenvalue weighted by molar-refractivity contribution is 8.01. The van der Waals surface area contributed by atoms with Gasteiger partial charge >= 0.3 is 0 Å². The molecule has 2 aliphatic rings. The predicted molar refractivity (Wildman–Crippen MR) is 92.8 cm³/mol. The Morgan fingerprint density at radius 3 is 2.96 bits per heavy atom. The number of aromatic nitrogens is 2. The van der Waals surface area contributed by atoms with Crippen LogP contribution in [0.3, 0.4) is 0 Å². The van der Waals surface area contributed by atoms with Crippen LogP contribution in [-0.2, 0) is 17.8 Å². The minimum Gasteiger partial charge on any atom is -0.357 e. The van der Waals surface area contributed by atoms with Gasteiger partial charge in [-0.1, -0.05) is 47.4 Å². The molecule has 0 radical (unpaired) electrons. The second-order valence-corrected chi connectivity index (χ2v) is 8.11. The van der Waals surface area contributed by atoms with E-state index >= 15 is 0 Å². The van der Waals surface area contributed by atoms with Crippen molar-refractivity contribution in [1.29, 1.82) is 0 Å². The Morgan fingerprint density at radius 1 is 1.30 bits per heavy atom. The molecule has 1 saturated carbocycles. The van der Waals surface area contributed by atoms with Crippen molar-refractivity contribution in [3.05, 3.63) is 35.4 Å². The van der Waals surface area contributed by atoms with Crippen LogP contribution in [-0.4, -0.2) is 39.3 Å². The predicted octanol–water partition coefficient (Wildman–Crippen LogP) is 2.79. The smallest absolute Gasteiger partial charge is 0.233 e. The molecule has 0 spiro atoms. The van der Waals surface area contributed by atoms with Crippen molar-refractivity contribution in [3.63, 3.8) is 0 Å². The molecule has 7 heteroatoms. The van der Waals surface area contributed by atoms with Gasteiger partial charge < -0.3 is 10.2 Å². The average Bonchev–Trinajstić information content (AvgIpc) is 3.28. The highest BCUT2D eigenvalue weighted by Crippen LogP contribution is 2.30. The topological polar surface area (TPSA) is 58.1 Å². The van der Waals surface area contributed by atoms with E-state index in [-0.39, 0.29) is 5.91 Å². The third-order valence-corrected chi connectivity index (χ3v) is 6.09. The maximum absolute atomic E-state index is 12.4. The first-order valence-corrected chi connectivity index (χ1v) is 9.65. The highest BCUT2D eigenvalue weighted by Gasteiger charge is 2.23. The average molecular weight is 346 g/mol. The molecule has 4 rings (SSSR count). The van der Waals surface area contributed by atoms with E-state index < -0.39 is 0 Å². The summed E-state index contributed by atoms with van der Waals surface area (Å²) in [6, 6.07) is 8.95. The molecule has 0 bridgehead atoms. The Kier molecular flexibility index (Phi) is 4.22. The third-order valence-electron chi connectivity index (χ3n) is 4.11. The standard InChI is InChI=1S/C16H18N4OS2/c21-14(20-8-7-11-3-1-2-4-12(11)9-20)10-22-16-19-18-15(23-16)17-13-5-6-13/h1-4,13H,5-10H2,(H,17,18). The molecule has 0 atom stereocenters. The van der Waals surface area contributed by atoms with E-state index in [1.165, 1.54) is 47.1 Å². The van der Waals surface area contributed by atoms with Gasteiger partial charge in [-0.25, -0.2) is 0 Å². The molecule has 5 nitrogen and oxygen atoms in total. The molecule has 120 valence electrons. The molecule has 1 aromatic carbocycles. The van der Waals surface area contributed by atoms with Crippen LogP contribution < -0.4 is 5.32 Å². The first-order chi connectivity index (χ1) is 11.3. The molecule has 23 heavy (non-hydrogen) atoms. The number of carbonyl (C=O) groups is 1. The van der Waals surface area contributed by atoms with Crippen LogP contribution in [0.1, 0.15) is 24.0 Å². The van der Waals surface area contributed by atoms with Gasteiger partial charge in [0.25, 0.3) is 0 Å². The zero-order valence-corrected chi connectivity index (χ0v) is 14.3. The summed E-state index contributed by atoms with van der Waals surface area (Å²) in [5.74, 6) is 0.608. The van der Waals surface area contributed by atoms with E-state index in [0.717, 1.165) is 29.0 Å². The van der Waals surface area contributed by atoms with E-state index in [9.17, 15) is 4.79 Å². The van der Waals surface area contributed by atoms with Gasteiger partial charge in [-0.3, -0.25) is 4.79 Å². The summed E-state index contributed by atoms with van der Waals surface area (Å²) in [6.45, 7) is 1.53. The molecule has 1 aliphatic carbocycles. The number of thioether (sulfide) groups is 1. The van der Waals surface area contributed by atoms with Gasteiger partial charge in [-0.15, -0.1) is 10.2 Å². The first kappa shape index (κ1) is 15.0. The van der Waals surface area contributed by atoms with E-state index in [0.29, 0.717) is 11.8 Å². The van der Waals surface area contributed by atoms with Gasteiger partial charge in [-0.2, -0.15) is 0 Å². The second-order valence-electron chi connectivity index (χ2n) is 5.91. The van der Waals surface area contributed by atoms with Gasteiger partial charge in [0, 0.05) is 19.1 Å². The van der Waals surface area contributed by atoms with Gasteiger partial charge in [0.2, 0.25) is 11.0 Å². The zero-order valence-electron chi connectivity index (χ0n) is 12.7. The maximum atomic E-state index is 12.4. The van der Waals surface area contributed by atoms with Crippen molar-refractivity contribution in [2.75, 3.05) is 17.6 Å². The highest BCUT2D eigenvalue weighted by atomic mass is 32.2. The summed E-state index contributed by atoms with van der Waals surface area (Å²) < 4.78 is 0.860. The van der Waals surface area contributed by atoms with E-state index in [1.54, 1.807) is 0 Å². The van der Waals surface area contributed by atoms with Crippen LogP contribution in [0.5, 0.6) is 0 Å². The SMILES string of the molecule is O=C(CSc1nnc(NC2CC2)s1)N1CCc2ccccc2C1. The summed E-state index contributed by atoms with van der Waals surface area (Å²) in [4.78, 5) is 14.4. The quantitative estimate of drug-likeness (QED) is 0.844. The van der Waals surface area contributed by atoms with Crippen LogP contribution in [0.15, 0.2) is 28.6 Å². The minimum atomic E-state index is 0.177. The Labute approximate surface area is 143 Å². The van der Waals surface area contributed by atoms with Gasteiger partial charge in [0.15, 0.2) is 4.34 Å². The van der Waals surface area contributed by atoms with E-state index in [4.69, 9.17) is 0 Å². The first-order valence-electron chi connectivity index (χ1n) is 7.85. The number of fused-ring (bicyclic) bond motifs is 1. The number of benzene rings is 1. The Balaban J connectivity index is 1.31. The van der Waals surface area contributed by atoms with Crippen LogP contribution >= 0.6 is 23.1 Å². The monoisotopic (exact) mass is 346 g/mol. The number of hydrogen-bond donors (Lipinski definition) is 1. The zero-order chi connectivity index (χ0) is 15.6. The lowest BCUT2D eigenvalue weighted by atomic mass is 10.00. The molecule has 1 aromatic heterocycles. The summed E-state index contributed by atoms with van der Waals surface area (Å²) in [5.41, 5.74) is 2.63. The van der Waals surface area contributed by atoms with Crippen molar-refractivity contribution in [1.82, 2.24) is 15.1 Å². The lowest BCUT2D eigenvalue weighted by molar-refractivity contribution is -0.129. The van der Waals surface area contributed by atoms with Crippen LogP contribution in [0.25, 0.3) is 0 Å². The van der Waals surface area contributed by atoms with Crippen molar-refractivity contribution >= 4 is 34.1 Å². The minimum absolute atomic E-state index is 0.177. The molecular weight excluding hydrogens is 328 g/mol. The fourth-order valence-electron chi connectivity index (χ4n) is 2.65. The lowest BCUT2D eigenvalue weighted by Crippen LogP contribution is -2.37. The van der Waals surface area contributed by atoms with Crippen LogP contribution in [0.2, 0.25) is 0 Å². The van der Waals surface area contributed by atoms with Crippen molar-refractivity contribution < 1.29 is 4.79 Å². The van der Waals surface area contributed by atoms with Crippen LogP contribution in [0, 0.1) is 0 Å². The molecule has 0 unspecified atom stereocenters. The summed E-state index contributed by atoms with van der Waals surface area (Å²) in [7, 11) is 0. The number of anilines is 1. The number of hydrogen-bond acceptors (Lipinski definition) is 6. The van der Waals surface area contributed by atoms with Gasteiger partial charge in [0.05, 0.1) is 5.75 Å². The molecule has 2 heterocycles. The number of carbonyl (C=O) groups excluding carboxylic acids is 1. The molecular formula is C16H18N4OS2. The van der Waals surface area contributed by atoms with Crippen molar-refractivity contribution in [2.45, 2.75) is 36.2 Å². The summed E-state index contributed by atoms with van der Waals surface area (Å²) >= 11 is 3.02. The molecule has 2 aromatic rings. The lowest BCUT2D eigenvalue weighted by Gasteiger charge is -2.28.